The maximum atomic E-state index is 12.3. The minimum absolute atomic E-state index is 0.0763. The second-order valence-corrected chi connectivity index (χ2v) is 6.98. The minimum atomic E-state index is 0.0763. The molecule has 0 aliphatic carbocycles. The highest BCUT2D eigenvalue weighted by molar-refractivity contribution is 14.1. The highest BCUT2D eigenvalue weighted by atomic mass is 127. The van der Waals surface area contributed by atoms with Gasteiger partial charge in [0.1, 0.15) is 0 Å². The fourth-order valence-electron chi connectivity index (χ4n) is 1.92. The number of likely N-dealkylation sites (tertiary alicyclic amines) is 1. The minimum Gasteiger partial charge on any atom is -0.338 e. The number of benzene rings is 1. The Balaban J connectivity index is 2.15. The van der Waals surface area contributed by atoms with Gasteiger partial charge in [0.2, 0.25) is 0 Å². The van der Waals surface area contributed by atoms with Crippen LogP contribution in [-0.4, -0.2) is 28.7 Å². The van der Waals surface area contributed by atoms with Crippen LogP contribution in [0.2, 0.25) is 5.02 Å². The van der Waals surface area contributed by atoms with E-state index in [2.05, 4.69) is 38.5 Å². The summed E-state index contributed by atoms with van der Waals surface area (Å²) in [7, 11) is 0. The fourth-order valence-corrected chi connectivity index (χ4v) is 3.11. The van der Waals surface area contributed by atoms with E-state index >= 15 is 0 Å². The summed E-state index contributed by atoms with van der Waals surface area (Å²) in [6.45, 7) is 1.62. The van der Waals surface area contributed by atoms with E-state index in [0.717, 1.165) is 29.5 Å². The van der Waals surface area contributed by atoms with Gasteiger partial charge in [-0.2, -0.15) is 0 Å². The number of alkyl halides is 1. The molecule has 5 heteroatoms. The van der Waals surface area contributed by atoms with Gasteiger partial charge in [-0.1, -0.05) is 27.5 Å². The number of halogens is 3. The quantitative estimate of drug-likeness (QED) is 0.490. The smallest absolute Gasteiger partial charge is 0.253 e. The zero-order valence-electron chi connectivity index (χ0n) is 9.13. The number of piperidine rings is 1. The molecule has 2 rings (SSSR count). The molecule has 0 saturated carbocycles. The van der Waals surface area contributed by atoms with Crippen LogP contribution >= 0.6 is 50.1 Å². The van der Waals surface area contributed by atoms with Crippen LogP contribution in [0.5, 0.6) is 0 Å². The van der Waals surface area contributed by atoms with Crippen LogP contribution in [0.15, 0.2) is 18.2 Å². The number of carbonyl (C=O) groups excluding carboxylic acids is 1. The molecule has 1 aliphatic rings. The van der Waals surface area contributed by atoms with Gasteiger partial charge >= 0.3 is 0 Å². The van der Waals surface area contributed by atoms with E-state index < -0.39 is 0 Å². The van der Waals surface area contributed by atoms with Crippen LogP contribution in [-0.2, 0) is 0 Å². The van der Waals surface area contributed by atoms with Gasteiger partial charge in [0.15, 0.2) is 0 Å². The zero-order valence-corrected chi connectivity index (χ0v) is 13.6. The maximum Gasteiger partial charge on any atom is 0.253 e. The summed E-state index contributed by atoms with van der Waals surface area (Å²) in [5.74, 6) is 0.0763. The standard InChI is InChI=1S/C12H12BrClINO/c13-9-2-1-5-16(7-9)12(17)8-3-4-11(15)10(14)6-8/h3-4,6,9H,1-2,5,7H2. The fraction of sp³-hybridized carbons (Fsp3) is 0.417. The summed E-state index contributed by atoms with van der Waals surface area (Å²) >= 11 is 11.8. The SMILES string of the molecule is O=C(c1ccc(I)c(Cl)c1)N1CCCC(Br)C1. The lowest BCUT2D eigenvalue weighted by molar-refractivity contribution is 0.0730. The van der Waals surface area contributed by atoms with Gasteiger partial charge in [0, 0.05) is 27.1 Å². The molecule has 0 aromatic heterocycles. The average Bonchev–Trinajstić information content (AvgIpc) is 2.32. The second kappa shape index (κ2) is 5.89. The highest BCUT2D eigenvalue weighted by Gasteiger charge is 2.23. The Morgan fingerprint density at radius 2 is 2.29 bits per heavy atom. The largest absolute Gasteiger partial charge is 0.338 e. The van der Waals surface area contributed by atoms with Gasteiger partial charge in [-0.05, 0) is 53.6 Å². The number of nitrogens with zero attached hydrogens (tertiary/aromatic N) is 1. The molecule has 1 aliphatic heterocycles. The molecule has 1 heterocycles. The van der Waals surface area contributed by atoms with Crippen molar-refractivity contribution in [1.29, 1.82) is 0 Å². The van der Waals surface area contributed by atoms with E-state index in [1.807, 2.05) is 17.0 Å². The summed E-state index contributed by atoms with van der Waals surface area (Å²) in [6, 6.07) is 5.48. The molecule has 0 spiro atoms. The first-order valence-electron chi connectivity index (χ1n) is 5.46. The first-order chi connectivity index (χ1) is 8.08. The van der Waals surface area contributed by atoms with Crippen LogP contribution in [0.4, 0.5) is 0 Å². The Labute approximate surface area is 128 Å². The first-order valence-corrected chi connectivity index (χ1v) is 7.83. The van der Waals surface area contributed by atoms with Crippen molar-refractivity contribution >= 4 is 56.0 Å². The molecular weight excluding hydrogens is 416 g/mol. The first kappa shape index (κ1) is 13.6. The van der Waals surface area contributed by atoms with Gasteiger partial charge < -0.3 is 4.90 Å². The molecule has 1 saturated heterocycles. The van der Waals surface area contributed by atoms with Gasteiger partial charge in [-0.3, -0.25) is 4.79 Å². The summed E-state index contributed by atoms with van der Waals surface area (Å²) in [6.07, 6.45) is 2.19. The van der Waals surface area contributed by atoms with E-state index in [9.17, 15) is 4.79 Å². The maximum absolute atomic E-state index is 12.3. The molecule has 1 aromatic rings. The Bertz CT molecular complexity index is 441. The van der Waals surface area contributed by atoms with Crippen LogP contribution in [0.1, 0.15) is 23.2 Å². The van der Waals surface area contributed by atoms with E-state index in [0.29, 0.717) is 15.4 Å². The Morgan fingerprint density at radius 3 is 2.94 bits per heavy atom. The van der Waals surface area contributed by atoms with Crippen molar-refractivity contribution in [2.24, 2.45) is 0 Å². The van der Waals surface area contributed by atoms with Gasteiger partial charge in [-0.15, -0.1) is 0 Å². The van der Waals surface area contributed by atoms with Crippen molar-refractivity contribution in [2.45, 2.75) is 17.7 Å². The summed E-state index contributed by atoms with van der Waals surface area (Å²) in [5.41, 5.74) is 0.678. The van der Waals surface area contributed by atoms with Gasteiger partial charge in [0.25, 0.3) is 5.91 Å². The van der Waals surface area contributed by atoms with Crippen LogP contribution < -0.4 is 0 Å². The number of amides is 1. The molecule has 0 radical (unpaired) electrons. The second-order valence-electron chi connectivity index (χ2n) is 4.12. The normalized spacial score (nSPS) is 20.4. The van der Waals surface area contributed by atoms with Crippen LogP contribution in [0.25, 0.3) is 0 Å². The number of carbonyl (C=O) groups is 1. The number of rotatable bonds is 1. The summed E-state index contributed by atoms with van der Waals surface area (Å²) in [4.78, 5) is 14.6. The van der Waals surface area contributed by atoms with E-state index in [-0.39, 0.29) is 5.91 Å². The van der Waals surface area contributed by atoms with Crippen molar-refractivity contribution in [3.8, 4) is 0 Å². The third-order valence-electron chi connectivity index (χ3n) is 2.82. The molecule has 1 atom stereocenters. The van der Waals surface area contributed by atoms with Crippen molar-refractivity contribution in [3.63, 3.8) is 0 Å². The number of hydrogen-bond donors (Lipinski definition) is 0. The zero-order chi connectivity index (χ0) is 12.4. The van der Waals surface area contributed by atoms with E-state index in [1.54, 1.807) is 6.07 Å². The van der Waals surface area contributed by atoms with Crippen LogP contribution in [0.3, 0.4) is 0 Å². The van der Waals surface area contributed by atoms with E-state index in [4.69, 9.17) is 11.6 Å². The van der Waals surface area contributed by atoms with Crippen molar-refractivity contribution in [3.05, 3.63) is 32.4 Å². The third-order valence-corrected chi connectivity index (χ3v) is 5.14. The molecule has 2 nitrogen and oxygen atoms in total. The van der Waals surface area contributed by atoms with Crippen molar-refractivity contribution < 1.29 is 4.79 Å². The lowest BCUT2D eigenvalue weighted by Gasteiger charge is -2.30. The third kappa shape index (κ3) is 3.35. The number of hydrogen-bond acceptors (Lipinski definition) is 1. The molecule has 92 valence electrons. The highest BCUT2D eigenvalue weighted by Crippen LogP contribution is 2.23. The molecule has 0 bridgehead atoms. The lowest BCUT2D eigenvalue weighted by Crippen LogP contribution is -2.40. The molecule has 1 aromatic carbocycles. The van der Waals surface area contributed by atoms with Gasteiger partial charge in [0.05, 0.1) is 5.02 Å². The molecule has 0 N–H and O–H groups in total. The average molecular weight is 428 g/mol. The van der Waals surface area contributed by atoms with Gasteiger partial charge in [-0.25, -0.2) is 0 Å². The Morgan fingerprint density at radius 1 is 1.53 bits per heavy atom. The molecule has 1 fully saturated rings. The summed E-state index contributed by atoms with van der Waals surface area (Å²) < 4.78 is 0.970. The Hall–Kier alpha value is 0.190. The lowest BCUT2D eigenvalue weighted by atomic mass is 10.1. The monoisotopic (exact) mass is 427 g/mol. The van der Waals surface area contributed by atoms with Crippen molar-refractivity contribution in [1.82, 2.24) is 4.90 Å². The van der Waals surface area contributed by atoms with Crippen LogP contribution in [0, 0.1) is 3.57 Å². The molecule has 1 amide bonds. The summed E-state index contributed by atoms with van der Waals surface area (Å²) in [5, 5.41) is 0.642. The van der Waals surface area contributed by atoms with Crippen molar-refractivity contribution in [2.75, 3.05) is 13.1 Å². The topological polar surface area (TPSA) is 20.3 Å². The predicted molar refractivity (Wildman–Crippen MR) is 82.0 cm³/mol. The molecule has 17 heavy (non-hydrogen) atoms. The van der Waals surface area contributed by atoms with E-state index in [1.165, 1.54) is 0 Å². The predicted octanol–water partition coefficient (Wildman–Crippen LogP) is 3.94. The molecule has 1 unspecified atom stereocenters. The Kier molecular flexibility index (Phi) is 4.72. The molecular formula is C12H12BrClINO.